The molecule has 1 aliphatic rings. The smallest absolute Gasteiger partial charge is 0.0805 e. The predicted octanol–water partition coefficient (Wildman–Crippen LogP) is 2.06. The quantitative estimate of drug-likeness (QED) is 0.780. The number of hydrogen-bond donors (Lipinski definition) is 0. The van der Waals surface area contributed by atoms with Crippen molar-refractivity contribution >= 4 is 22.6 Å². The molecule has 4 heteroatoms. The van der Waals surface area contributed by atoms with Crippen molar-refractivity contribution in [2.75, 3.05) is 0 Å². The van der Waals surface area contributed by atoms with Gasteiger partial charge in [0, 0.05) is 12.6 Å². The van der Waals surface area contributed by atoms with Crippen LogP contribution in [0, 0.1) is 3.57 Å². The summed E-state index contributed by atoms with van der Waals surface area (Å²) in [6.07, 6.45) is 5.38. The average Bonchev–Trinajstić information content (AvgIpc) is 2.31. The largest absolute Gasteiger partial charge is 0.370 e. The molecule has 2 heterocycles. The Morgan fingerprint density at radius 1 is 1.77 bits per heavy atom. The molecule has 0 aliphatic carbocycles. The van der Waals surface area contributed by atoms with Gasteiger partial charge in [-0.1, -0.05) is 0 Å². The van der Waals surface area contributed by atoms with Crippen LogP contribution in [0.5, 0.6) is 0 Å². The lowest BCUT2D eigenvalue weighted by Crippen LogP contribution is -2.47. The van der Waals surface area contributed by atoms with Gasteiger partial charge in [0.25, 0.3) is 0 Å². The third kappa shape index (κ3) is 2.22. The van der Waals surface area contributed by atoms with Gasteiger partial charge in [-0.3, -0.25) is 4.68 Å². The third-order valence-electron chi connectivity index (χ3n) is 2.20. The Hall–Kier alpha value is -0.100. The first-order valence-corrected chi connectivity index (χ1v) is 5.49. The molecule has 1 saturated heterocycles. The predicted molar refractivity (Wildman–Crippen MR) is 58.5 cm³/mol. The SMILES string of the molecule is CC1(C)CC(Cn2cc(I)cn2)O1. The fourth-order valence-electron chi connectivity index (χ4n) is 1.74. The molecule has 0 spiro atoms. The van der Waals surface area contributed by atoms with Crippen molar-refractivity contribution in [3.63, 3.8) is 0 Å². The molecule has 0 amide bonds. The molecule has 0 saturated carbocycles. The molecule has 3 nitrogen and oxygen atoms in total. The van der Waals surface area contributed by atoms with Gasteiger partial charge in [-0.05, 0) is 36.4 Å². The van der Waals surface area contributed by atoms with Gasteiger partial charge in [-0.2, -0.15) is 5.10 Å². The molecule has 0 N–H and O–H groups in total. The van der Waals surface area contributed by atoms with Crippen LogP contribution in [0.1, 0.15) is 20.3 Å². The second kappa shape index (κ2) is 3.24. The van der Waals surface area contributed by atoms with E-state index in [0.29, 0.717) is 6.10 Å². The minimum absolute atomic E-state index is 0.0883. The van der Waals surface area contributed by atoms with Crippen molar-refractivity contribution in [3.05, 3.63) is 16.0 Å². The van der Waals surface area contributed by atoms with Crippen LogP contribution in [0.25, 0.3) is 0 Å². The summed E-state index contributed by atoms with van der Waals surface area (Å²) in [7, 11) is 0. The van der Waals surface area contributed by atoms with Crippen molar-refractivity contribution in [1.82, 2.24) is 9.78 Å². The monoisotopic (exact) mass is 292 g/mol. The fraction of sp³-hybridized carbons (Fsp3) is 0.667. The summed E-state index contributed by atoms with van der Waals surface area (Å²) < 4.78 is 8.80. The zero-order valence-electron chi connectivity index (χ0n) is 7.83. The van der Waals surface area contributed by atoms with E-state index >= 15 is 0 Å². The number of halogens is 1. The number of ether oxygens (including phenoxy) is 1. The molecule has 72 valence electrons. The summed E-state index contributed by atoms with van der Waals surface area (Å²) in [5.74, 6) is 0. The van der Waals surface area contributed by atoms with E-state index in [4.69, 9.17) is 4.74 Å². The van der Waals surface area contributed by atoms with Gasteiger partial charge in [-0.15, -0.1) is 0 Å². The first-order chi connectivity index (χ1) is 6.05. The lowest BCUT2D eigenvalue weighted by Gasteiger charge is -2.42. The molecule has 1 fully saturated rings. The van der Waals surface area contributed by atoms with Crippen LogP contribution in [0.15, 0.2) is 12.4 Å². The Kier molecular flexibility index (Phi) is 2.35. The highest BCUT2D eigenvalue weighted by Gasteiger charge is 2.37. The number of hydrogen-bond acceptors (Lipinski definition) is 2. The fourth-order valence-corrected chi connectivity index (χ4v) is 2.18. The topological polar surface area (TPSA) is 27.1 Å². The first-order valence-electron chi connectivity index (χ1n) is 4.41. The van der Waals surface area contributed by atoms with Crippen molar-refractivity contribution in [2.45, 2.75) is 38.5 Å². The zero-order valence-corrected chi connectivity index (χ0v) is 9.98. The molecule has 0 aromatic carbocycles. The second-order valence-corrected chi connectivity index (χ2v) is 5.33. The number of aromatic nitrogens is 2. The van der Waals surface area contributed by atoms with Crippen LogP contribution in [0.2, 0.25) is 0 Å². The first kappa shape index (κ1) is 9.45. The molecule has 0 radical (unpaired) electrons. The van der Waals surface area contributed by atoms with Gasteiger partial charge < -0.3 is 4.74 Å². The summed E-state index contributed by atoms with van der Waals surface area (Å²) in [4.78, 5) is 0. The summed E-state index contributed by atoms with van der Waals surface area (Å²) in [5, 5.41) is 4.21. The average molecular weight is 292 g/mol. The van der Waals surface area contributed by atoms with Gasteiger partial charge in [0.05, 0.1) is 28.0 Å². The highest BCUT2D eigenvalue weighted by Crippen LogP contribution is 2.32. The number of nitrogens with zero attached hydrogens (tertiary/aromatic N) is 2. The standard InChI is InChI=1S/C9H13IN2O/c1-9(2)3-8(13-9)6-12-5-7(10)4-11-12/h4-5,8H,3,6H2,1-2H3. The van der Waals surface area contributed by atoms with E-state index in [-0.39, 0.29) is 5.60 Å². The van der Waals surface area contributed by atoms with Crippen molar-refractivity contribution in [3.8, 4) is 0 Å². The highest BCUT2D eigenvalue weighted by molar-refractivity contribution is 14.1. The van der Waals surface area contributed by atoms with Crippen LogP contribution in [0.4, 0.5) is 0 Å². The molecular weight excluding hydrogens is 279 g/mol. The summed E-state index contributed by atoms with van der Waals surface area (Å²) in [6, 6.07) is 0. The maximum atomic E-state index is 5.68. The van der Waals surface area contributed by atoms with Crippen molar-refractivity contribution in [1.29, 1.82) is 0 Å². The summed E-state index contributed by atoms with van der Waals surface area (Å²) >= 11 is 2.26. The molecule has 1 atom stereocenters. The minimum Gasteiger partial charge on any atom is -0.370 e. The maximum absolute atomic E-state index is 5.68. The maximum Gasteiger partial charge on any atom is 0.0805 e. The molecule has 13 heavy (non-hydrogen) atoms. The van der Waals surface area contributed by atoms with Gasteiger partial charge in [0.15, 0.2) is 0 Å². The Bertz CT molecular complexity index is 300. The van der Waals surface area contributed by atoms with Gasteiger partial charge in [0.2, 0.25) is 0 Å². The highest BCUT2D eigenvalue weighted by atomic mass is 127. The van der Waals surface area contributed by atoms with E-state index in [1.165, 1.54) is 3.57 Å². The lowest BCUT2D eigenvalue weighted by atomic mass is 9.93. The molecule has 1 aromatic rings. The van der Waals surface area contributed by atoms with Crippen molar-refractivity contribution in [2.24, 2.45) is 0 Å². The Morgan fingerprint density at radius 2 is 2.46 bits per heavy atom. The molecule has 1 aliphatic heterocycles. The summed E-state index contributed by atoms with van der Waals surface area (Å²) in [6.45, 7) is 5.12. The van der Waals surface area contributed by atoms with Crippen LogP contribution >= 0.6 is 22.6 Å². The van der Waals surface area contributed by atoms with E-state index in [0.717, 1.165) is 13.0 Å². The second-order valence-electron chi connectivity index (χ2n) is 4.08. The molecule has 1 aromatic heterocycles. The Balaban J connectivity index is 1.87. The van der Waals surface area contributed by atoms with Crippen LogP contribution in [-0.2, 0) is 11.3 Å². The third-order valence-corrected chi connectivity index (χ3v) is 2.75. The minimum atomic E-state index is 0.0883. The van der Waals surface area contributed by atoms with Gasteiger partial charge in [0.1, 0.15) is 0 Å². The van der Waals surface area contributed by atoms with E-state index in [2.05, 4.69) is 41.5 Å². The molecular formula is C9H13IN2O. The van der Waals surface area contributed by atoms with Crippen LogP contribution in [-0.4, -0.2) is 21.5 Å². The van der Waals surface area contributed by atoms with Gasteiger partial charge in [-0.25, -0.2) is 0 Å². The molecule has 1 unspecified atom stereocenters. The molecule has 0 bridgehead atoms. The molecule has 2 rings (SSSR count). The normalized spacial score (nSPS) is 25.6. The summed E-state index contributed by atoms with van der Waals surface area (Å²) in [5.41, 5.74) is 0.0883. The Labute approximate surface area is 91.6 Å². The van der Waals surface area contributed by atoms with E-state index < -0.39 is 0 Å². The van der Waals surface area contributed by atoms with E-state index in [1.807, 2.05) is 17.1 Å². The van der Waals surface area contributed by atoms with Crippen LogP contribution < -0.4 is 0 Å². The van der Waals surface area contributed by atoms with Crippen molar-refractivity contribution < 1.29 is 4.74 Å². The van der Waals surface area contributed by atoms with E-state index in [1.54, 1.807) is 0 Å². The van der Waals surface area contributed by atoms with Crippen LogP contribution in [0.3, 0.4) is 0 Å². The van der Waals surface area contributed by atoms with Gasteiger partial charge >= 0.3 is 0 Å². The lowest BCUT2D eigenvalue weighted by molar-refractivity contribution is -0.189. The Morgan fingerprint density at radius 3 is 2.92 bits per heavy atom. The van der Waals surface area contributed by atoms with E-state index in [9.17, 15) is 0 Å². The zero-order chi connectivity index (χ0) is 9.47. The number of rotatable bonds is 2.